The van der Waals surface area contributed by atoms with Crippen molar-refractivity contribution in [1.29, 1.82) is 0 Å². The van der Waals surface area contributed by atoms with Gasteiger partial charge in [-0.1, -0.05) is 44.6 Å². The fourth-order valence-corrected chi connectivity index (χ4v) is 2.88. The molecule has 0 saturated carbocycles. The normalized spacial score (nSPS) is 18.2. The third-order valence-electron chi connectivity index (χ3n) is 4.63. The molecule has 5 nitrogen and oxygen atoms in total. The molecule has 0 rings (SSSR count). The van der Waals surface area contributed by atoms with Crippen molar-refractivity contribution >= 4 is 12.3 Å². The Bertz CT molecular complexity index is 505. The number of carbonyl (C=O) groups is 2. The van der Waals surface area contributed by atoms with E-state index in [1.54, 1.807) is 26.0 Å². The van der Waals surface area contributed by atoms with Crippen LogP contribution in [-0.4, -0.2) is 40.8 Å². The molecule has 4 atom stereocenters. The minimum Gasteiger partial charge on any atom is -0.466 e. The quantitative estimate of drug-likeness (QED) is 0.287. The van der Waals surface area contributed by atoms with Crippen LogP contribution in [0.1, 0.15) is 67.2 Å². The third kappa shape index (κ3) is 13.4. The highest BCUT2D eigenvalue weighted by Crippen LogP contribution is 2.24. The number of rotatable bonds is 13. The number of aliphatic hydroxyl groups is 2. The Morgan fingerprint density at radius 2 is 1.81 bits per heavy atom. The van der Waals surface area contributed by atoms with Gasteiger partial charge in [-0.2, -0.15) is 0 Å². The monoisotopic (exact) mass is 382 g/mol. The summed E-state index contributed by atoms with van der Waals surface area (Å²) in [5.74, 6) is 0.740. The molecule has 27 heavy (non-hydrogen) atoms. The molecule has 0 aromatic rings. The summed E-state index contributed by atoms with van der Waals surface area (Å²) in [6, 6.07) is 0. The van der Waals surface area contributed by atoms with E-state index >= 15 is 0 Å². The minimum atomic E-state index is -1.13. The first kappa shape index (κ1) is 25.5. The molecule has 0 fully saturated rings. The van der Waals surface area contributed by atoms with Crippen LogP contribution in [0, 0.1) is 17.8 Å². The summed E-state index contributed by atoms with van der Waals surface area (Å²) < 4.78 is 5.05. The zero-order chi connectivity index (χ0) is 21.0. The smallest absolute Gasteiger partial charge is 0.302 e. The van der Waals surface area contributed by atoms with Crippen LogP contribution in [0.25, 0.3) is 0 Å². The Balaban J connectivity index is 4.72. The Kier molecular flexibility index (Phi) is 12.1. The maximum Gasteiger partial charge on any atom is 0.302 e. The second-order valence-electron chi connectivity index (χ2n) is 8.26. The molecular weight excluding hydrogens is 344 g/mol. The van der Waals surface area contributed by atoms with Gasteiger partial charge in [-0.15, -0.1) is 0 Å². The molecule has 0 aliphatic rings. The van der Waals surface area contributed by atoms with E-state index in [2.05, 4.69) is 20.8 Å². The first-order valence-electron chi connectivity index (χ1n) is 9.81. The SMILES string of the molecule is CC(=O)OC[C@H](C)CC[C@H](/C=C/[C@](C)(O)C[C@H](O)/C=C(\C)CC=O)C(C)C. The Morgan fingerprint density at radius 3 is 2.33 bits per heavy atom. The van der Waals surface area contributed by atoms with E-state index in [4.69, 9.17) is 4.74 Å². The van der Waals surface area contributed by atoms with E-state index in [0.29, 0.717) is 18.4 Å². The molecule has 0 aromatic heterocycles. The van der Waals surface area contributed by atoms with Crippen molar-refractivity contribution in [3.63, 3.8) is 0 Å². The maximum absolute atomic E-state index is 10.9. The van der Waals surface area contributed by atoms with E-state index < -0.39 is 11.7 Å². The van der Waals surface area contributed by atoms with Crippen molar-refractivity contribution in [3.05, 3.63) is 23.8 Å². The zero-order valence-corrected chi connectivity index (χ0v) is 17.8. The Labute approximate surface area is 164 Å². The predicted octanol–water partition coefficient (Wildman–Crippen LogP) is 3.83. The van der Waals surface area contributed by atoms with Crippen LogP contribution in [0.2, 0.25) is 0 Å². The van der Waals surface area contributed by atoms with Crippen LogP contribution < -0.4 is 0 Å². The summed E-state index contributed by atoms with van der Waals surface area (Å²) in [5.41, 5.74) is -0.340. The van der Waals surface area contributed by atoms with Crippen molar-refractivity contribution in [1.82, 2.24) is 0 Å². The molecule has 0 unspecified atom stereocenters. The summed E-state index contributed by atoms with van der Waals surface area (Å²) in [5, 5.41) is 20.7. The highest BCUT2D eigenvalue weighted by Gasteiger charge is 2.22. The Morgan fingerprint density at radius 1 is 1.19 bits per heavy atom. The lowest BCUT2D eigenvalue weighted by Crippen LogP contribution is -2.27. The molecule has 2 N–H and O–H groups in total. The lowest BCUT2D eigenvalue weighted by Gasteiger charge is -2.24. The van der Waals surface area contributed by atoms with Gasteiger partial charge >= 0.3 is 5.97 Å². The molecule has 156 valence electrons. The van der Waals surface area contributed by atoms with Crippen LogP contribution in [0.5, 0.6) is 0 Å². The summed E-state index contributed by atoms with van der Waals surface area (Å²) >= 11 is 0. The number of esters is 1. The van der Waals surface area contributed by atoms with E-state index in [1.165, 1.54) is 6.92 Å². The van der Waals surface area contributed by atoms with Crippen LogP contribution in [0.15, 0.2) is 23.8 Å². The zero-order valence-electron chi connectivity index (χ0n) is 17.8. The molecule has 0 radical (unpaired) electrons. The second-order valence-corrected chi connectivity index (χ2v) is 8.26. The van der Waals surface area contributed by atoms with E-state index in [9.17, 15) is 19.8 Å². The van der Waals surface area contributed by atoms with Gasteiger partial charge in [-0.05, 0) is 44.4 Å². The number of aliphatic hydroxyl groups excluding tert-OH is 1. The minimum absolute atomic E-state index is 0.174. The number of hydrogen-bond acceptors (Lipinski definition) is 5. The number of aldehydes is 1. The number of ether oxygens (including phenoxy) is 1. The lowest BCUT2D eigenvalue weighted by atomic mass is 9.86. The highest BCUT2D eigenvalue weighted by atomic mass is 16.5. The van der Waals surface area contributed by atoms with Crippen LogP contribution in [-0.2, 0) is 14.3 Å². The van der Waals surface area contributed by atoms with Gasteiger partial charge in [0.05, 0.1) is 18.3 Å². The van der Waals surface area contributed by atoms with Crippen molar-refractivity contribution in [2.24, 2.45) is 17.8 Å². The molecule has 0 aliphatic heterocycles. The molecule has 0 saturated heterocycles. The largest absolute Gasteiger partial charge is 0.466 e. The van der Waals surface area contributed by atoms with E-state index in [-0.39, 0.29) is 24.7 Å². The number of allylic oxidation sites excluding steroid dienone is 2. The third-order valence-corrected chi connectivity index (χ3v) is 4.63. The lowest BCUT2D eigenvalue weighted by molar-refractivity contribution is -0.142. The fraction of sp³-hybridized carbons (Fsp3) is 0.727. The first-order valence-corrected chi connectivity index (χ1v) is 9.81. The van der Waals surface area contributed by atoms with Crippen molar-refractivity contribution < 1.29 is 24.5 Å². The van der Waals surface area contributed by atoms with Gasteiger partial charge in [0.15, 0.2) is 0 Å². The number of carbonyl (C=O) groups excluding carboxylic acids is 2. The summed E-state index contributed by atoms with van der Waals surface area (Å²) in [7, 11) is 0. The van der Waals surface area contributed by atoms with Crippen molar-refractivity contribution in [2.75, 3.05) is 6.61 Å². The van der Waals surface area contributed by atoms with Gasteiger partial charge in [0.2, 0.25) is 0 Å². The maximum atomic E-state index is 10.9. The van der Waals surface area contributed by atoms with E-state index in [1.807, 2.05) is 6.08 Å². The first-order chi connectivity index (χ1) is 12.5. The summed E-state index contributed by atoms with van der Waals surface area (Å²) in [4.78, 5) is 21.4. The van der Waals surface area contributed by atoms with Gasteiger partial charge in [0.1, 0.15) is 6.29 Å². The molecule has 5 heteroatoms. The molecule has 0 aromatic carbocycles. The van der Waals surface area contributed by atoms with Gasteiger partial charge < -0.3 is 19.7 Å². The molecule has 0 aliphatic carbocycles. The van der Waals surface area contributed by atoms with Crippen LogP contribution in [0.3, 0.4) is 0 Å². The van der Waals surface area contributed by atoms with Gasteiger partial charge in [0, 0.05) is 19.8 Å². The molecule has 0 heterocycles. The molecule has 0 amide bonds. The molecule has 0 spiro atoms. The second kappa shape index (κ2) is 12.8. The van der Waals surface area contributed by atoms with Gasteiger partial charge in [-0.3, -0.25) is 4.79 Å². The predicted molar refractivity (Wildman–Crippen MR) is 108 cm³/mol. The van der Waals surface area contributed by atoms with Crippen molar-refractivity contribution in [2.45, 2.75) is 78.9 Å². The average Bonchev–Trinajstić information content (AvgIpc) is 2.51. The van der Waals surface area contributed by atoms with E-state index in [0.717, 1.165) is 24.7 Å². The van der Waals surface area contributed by atoms with Crippen LogP contribution in [0.4, 0.5) is 0 Å². The van der Waals surface area contributed by atoms with Gasteiger partial charge in [-0.25, -0.2) is 0 Å². The standard InChI is InChI=1S/C22H38O5/c1-16(2)20(8-7-18(4)15-27-19(5)24)9-11-22(6,26)14-21(25)13-17(3)10-12-23/h9,11-13,16,18,20-21,25-26H,7-8,10,14-15H2,1-6H3/b11-9+,17-13+/t18-,20-,21-,22+/m1/s1. The molecule has 0 bridgehead atoms. The van der Waals surface area contributed by atoms with Gasteiger partial charge in [0.25, 0.3) is 0 Å². The molecular formula is C22H38O5. The Hall–Kier alpha value is -1.46. The summed E-state index contributed by atoms with van der Waals surface area (Å²) in [6.07, 6.45) is 7.74. The topological polar surface area (TPSA) is 83.8 Å². The average molecular weight is 383 g/mol. The summed E-state index contributed by atoms with van der Waals surface area (Å²) in [6.45, 7) is 11.6. The number of hydrogen-bond donors (Lipinski definition) is 2. The van der Waals surface area contributed by atoms with Crippen LogP contribution >= 0.6 is 0 Å². The highest BCUT2D eigenvalue weighted by molar-refractivity contribution is 5.65. The fourth-order valence-electron chi connectivity index (χ4n) is 2.88. The van der Waals surface area contributed by atoms with Crippen molar-refractivity contribution in [3.8, 4) is 0 Å².